The van der Waals surface area contributed by atoms with Gasteiger partial charge in [-0.3, -0.25) is 4.79 Å². The van der Waals surface area contributed by atoms with Crippen LogP contribution in [0.25, 0.3) is 0 Å². The van der Waals surface area contributed by atoms with Crippen molar-refractivity contribution in [1.29, 1.82) is 0 Å². The predicted octanol–water partition coefficient (Wildman–Crippen LogP) is 3.71. The number of methoxy groups -OCH3 is 1. The summed E-state index contributed by atoms with van der Waals surface area (Å²) in [4.78, 5) is 25.4. The number of carbonyl (C=O) groups is 2. The van der Waals surface area contributed by atoms with Crippen LogP contribution in [0.2, 0.25) is 0 Å². The summed E-state index contributed by atoms with van der Waals surface area (Å²) in [7, 11) is 1.32. The molecule has 1 amide bonds. The minimum atomic E-state index is -0.705. The highest BCUT2D eigenvalue weighted by molar-refractivity contribution is 7.98. The molecule has 1 fully saturated rings. The Labute approximate surface area is 216 Å². The third-order valence-electron chi connectivity index (χ3n) is 6.19. The molecular formula is C26H34FN3O3S2. The maximum atomic E-state index is 13.3. The first-order chi connectivity index (χ1) is 16.9. The van der Waals surface area contributed by atoms with Crippen LogP contribution in [0.4, 0.5) is 10.1 Å². The van der Waals surface area contributed by atoms with Crippen molar-refractivity contribution in [2.45, 2.75) is 43.0 Å². The van der Waals surface area contributed by atoms with Crippen molar-refractivity contribution in [3.63, 3.8) is 0 Å². The Morgan fingerprint density at radius 3 is 2.66 bits per heavy atom. The summed E-state index contributed by atoms with van der Waals surface area (Å²) in [6, 6.07) is 11.6. The van der Waals surface area contributed by atoms with Crippen LogP contribution in [0.15, 0.2) is 42.5 Å². The number of esters is 1. The number of hydrogen-bond donors (Lipinski definition) is 4. The standard InChI is InChI=1S/C26H34FN3O3S2/c1-33-26(32)22(12-14-35-2)30-25(31)21-10-9-20(29-16-23-24(34)11-13-28-23)15-18(21)6-3-17-4-7-19(27)8-5-17/h4-5,7-10,15,22-24,28-29,34H,3,6,11-14,16H2,1-2H3,(H,30,31)/t22-,23-,24-/m0/s1. The van der Waals surface area contributed by atoms with Gasteiger partial charge in [-0.15, -0.1) is 0 Å². The Morgan fingerprint density at radius 1 is 1.23 bits per heavy atom. The molecule has 0 spiro atoms. The summed E-state index contributed by atoms with van der Waals surface area (Å²) in [6.45, 7) is 1.69. The zero-order valence-corrected chi connectivity index (χ0v) is 21.9. The highest BCUT2D eigenvalue weighted by Crippen LogP contribution is 2.21. The number of nitrogens with one attached hydrogen (secondary N) is 3. The maximum absolute atomic E-state index is 13.3. The molecule has 9 heteroatoms. The van der Waals surface area contributed by atoms with E-state index < -0.39 is 12.0 Å². The Kier molecular flexibility index (Phi) is 10.7. The minimum absolute atomic E-state index is 0.276. The average molecular weight is 520 g/mol. The minimum Gasteiger partial charge on any atom is -0.467 e. The molecule has 0 saturated carbocycles. The van der Waals surface area contributed by atoms with Crippen LogP contribution in [0.1, 0.15) is 34.3 Å². The van der Waals surface area contributed by atoms with Gasteiger partial charge >= 0.3 is 5.97 Å². The van der Waals surface area contributed by atoms with Crippen molar-refractivity contribution in [3.8, 4) is 0 Å². The summed E-state index contributed by atoms with van der Waals surface area (Å²) >= 11 is 6.24. The van der Waals surface area contributed by atoms with Crippen molar-refractivity contribution in [2.75, 3.05) is 37.5 Å². The first-order valence-electron chi connectivity index (χ1n) is 11.8. The van der Waals surface area contributed by atoms with E-state index in [2.05, 4.69) is 28.6 Å². The van der Waals surface area contributed by atoms with Gasteiger partial charge in [-0.2, -0.15) is 24.4 Å². The first kappa shape index (κ1) is 27.4. The topological polar surface area (TPSA) is 79.5 Å². The zero-order valence-electron chi connectivity index (χ0n) is 20.2. The van der Waals surface area contributed by atoms with Crippen LogP contribution in [0.3, 0.4) is 0 Å². The van der Waals surface area contributed by atoms with Crippen LogP contribution >= 0.6 is 24.4 Å². The lowest BCUT2D eigenvalue weighted by molar-refractivity contribution is -0.142. The molecular weight excluding hydrogens is 485 g/mol. The maximum Gasteiger partial charge on any atom is 0.328 e. The van der Waals surface area contributed by atoms with Gasteiger partial charge in [0.15, 0.2) is 0 Å². The second-order valence-electron chi connectivity index (χ2n) is 8.63. The molecule has 3 atom stereocenters. The van der Waals surface area contributed by atoms with Crippen molar-refractivity contribution in [1.82, 2.24) is 10.6 Å². The molecule has 3 N–H and O–H groups in total. The molecule has 0 aliphatic carbocycles. The molecule has 2 aromatic carbocycles. The van der Waals surface area contributed by atoms with Crippen molar-refractivity contribution < 1.29 is 18.7 Å². The fourth-order valence-corrected chi connectivity index (χ4v) is 4.93. The highest BCUT2D eigenvalue weighted by atomic mass is 32.2. The number of hydrogen-bond acceptors (Lipinski definition) is 7. The normalized spacial score (nSPS) is 18.2. The molecule has 6 nitrogen and oxygen atoms in total. The number of carbonyl (C=O) groups excluding carboxylic acids is 2. The van der Waals surface area contributed by atoms with Gasteiger partial charge in [0.2, 0.25) is 0 Å². The van der Waals surface area contributed by atoms with Gasteiger partial charge < -0.3 is 20.7 Å². The second kappa shape index (κ2) is 13.8. The van der Waals surface area contributed by atoms with Crippen LogP contribution < -0.4 is 16.0 Å². The van der Waals surface area contributed by atoms with E-state index in [1.807, 2.05) is 18.4 Å². The molecule has 0 aromatic heterocycles. The fourth-order valence-electron chi connectivity index (χ4n) is 4.11. The summed E-state index contributed by atoms with van der Waals surface area (Å²) in [5.74, 6) is -0.317. The van der Waals surface area contributed by atoms with E-state index in [0.29, 0.717) is 30.1 Å². The van der Waals surface area contributed by atoms with Crippen LogP contribution in [-0.2, 0) is 22.4 Å². The second-order valence-corrected chi connectivity index (χ2v) is 10.3. The summed E-state index contributed by atoms with van der Waals surface area (Å²) in [6.07, 6.45) is 4.72. The molecule has 35 heavy (non-hydrogen) atoms. The van der Waals surface area contributed by atoms with E-state index in [9.17, 15) is 14.0 Å². The number of thioether (sulfide) groups is 1. The molecule has 2 aromatic rings. The SMILES string of the molecule is COC(=O)[C@H](CCSC)NC(=O)c1ccc(NC[C@@H]2NCC[C@@H]2S)cc1CCc1ccc(F)cc1. The van der Waals surface area contributed by atoms with E-state index in [1.54, 1.807) is 30.0 Å². The number of halogens is 1. The van der Waals surface area contributed by atoms with Gasteiger partial charge in [0.1, 0.15) is 11.9 Å². The number of anilines is 1. The molecule has 0 radical (unpaired) electrons. The highest BCUT2D eigenvalue weighted by Gasteiger charge is 2.24. The summed E-state index contributed by atoms with van der Waals surface area (Å²) < 4.78 is 18.2. The lowest BCUT2D eigenvalue weighted by Crippen LogP contribution is -2.42. The van der Waals surface area contributed by atoms with Crippen LogP contribution in [-0.4, -0.2) is 61.4 Å². The Morgan fingerprint density at radius 2 is 2.00 bits per heavy atom. The monoisotopic (exact) mass is 519 g/mol. The fraction of sp³-hybridized carbons (Fsp3) is 0.462. The first-order valence-corrected chi connectivity index (χ1v) is 13.7. The molecule has 1 aliphatic rings. The van der Waals surface area contributed by atoms with E-state index >= 15 is 0 Å². The lowest BCUT2D eigenvalue weighted by Gasteiger charge is -2.19. The third kappa shape index (κ3) is 8.15. The molecule has 1 heterocycles. The number of benzene rings is 2. The van der Waals surface area contributed by atoms with Gasteiger partial charge in [0.05, 0.1) is 7.11 Å². The van der Waals surface area contributed by atoms with Crippen molar-refractivity contribution in [3.05, 3.63) is 65.0 Å². The quantitative estimate of drug-likeness (QED) is 0.253. The molecule has 3 rings (SSSR count). The Balaban J connectivity index is 1.78. The summed E-state index contributed by atoms with van der Waals surface area (Å²) in [5.41, 5.74) is 3.27. The van der Waals surface area contributed by atoms with E-state index in [1.165, 1.54) is 19.2 Å². The van der Waals surface area contributed by atoms with Crippen molar-refractivity contribution in [2.24, 2.45) is 0 Å². The van der Waals surface area contributed by atoms with Gasteiger partial charge in [0, 0.05) is 29.1 Å². The number of thiol groups is 1. The van der Waals surface area contributed by atoms with E-state index in [-0.39, 0.29) is 17.8 Å². The largest absolute Gasteiger partial charge is 0.467 e. The van der Waals surface area contributed by atoms with Gasteiger partial charge in [0.25, 0.3) is 5.91 Å². The zero-order chi connectivity index (χ0) is 25.2. The lowest BCUT2D eigenvalue weighted by atomic mass is 9.98. The molecule has 1 saturated heterocycles. The number of rotatable bonds is 12. The number of amides is 1. The Hall–Kier alpha value is -2.23. The van der Waals surface area contributed by atoms with Gasteiger partial charge in [-0.05, 0) is 85.7 Å². The van der Waals surface area contributed by atoms with Crippen LogP contribution in [0.5, 0.6) is 0 Å². The third-order valence-corrected chi connectivity index (χ3v) is 7.45. The smallest absolute Gasteiger partial charge is 0.328 e. The Bertz CT molecular complexity index is 990. The van der Waals surface area contributed by atoms with Gasteiger partial charge in [-0.1, -0.05) is 12.1 Å². The van der Waals surface area contributed by atoms with E-state index in [0.717, 1.165) is 42.1 Å². The summed E-state index contributed by atoms with van der Waals surface area (Å²) in [5, 5.41) is 10.1. The predicted molar refractivity (Wildman–Crippen MR) is 144 cm³/mol. The van der Waals surface area contributed by atoms with Gasteiger partial charge in [-0.25, -0.2) is 9.18 Å². The molecule has 190 valence electrons. The molecule has 0 bridgehead atoms. The average Bonchev–Trinajstić information content (AvgIpc) is 3.28. The van der Waals surface area contributed by atoms with Crippen molar-refractivity contribution >= 4 is 42.0 Å². The molecule has 1 aliphatic heterocycles. The van der Waals surface area contributed by atoms with E-state index in [4.69, 9.17) is 4.74 Å². The number of aryl methyl sites for hydroxylation is 2. The molecule has 0 unspecified atom stereocenters. The number of ether oxygens (including phenoxy) is 1. The van der Waals surface area contributed by atoms with Crippen LogP contribution in [0, 0.1) is 5.82 Å².